The molecule has 0 unspecified atom stereocenters. The summed E-state index contributed by atoms with van der Waals surface area (Å²) in [4.78, 5) is 35.5. The molecule has 0 aromatic heterocycles. The van der Waals surface area contributed by atoms with E-state index in [9.17, 15) is 14.0 Å². The summed E-state index contributed by atoms with van der Waals surface area (Å²) in [5, 5.41) is 0.652. The highest BCUT2D eigenvalue weighted by molar-refractivity contribution is 8.18. The molecule has 4 rings (SSSR count). The summed E-state index contributed by atoms with van der Waals surface area (Å²) in [6, 6.07) is 3.92. The fourth-order valence-electron chi connectivity index (χ4n) is 3.84. The van der Waals surface area contributed by atoms with E-state index in [2.05, 4.69) is 14.8 Å². The largest absolute Gasteiger partial charge is 0.415 e. The average Bonchev–Trinajstić information content (AvgIpc) is 3.52. The Morgan fingerprint density at radius 3 is 2.53 bits per heavy atom. The number of rotatable bonds is 5. The molecule has 0 N–H and O–H groups in total. The third kappa shape index (κ3) is 6.80. The summed E-state index contributed by atoms with van der Waals surface area (Å²) in [5.74, 6) is -0.612. The van der Waals surface area contributed by atoms with E-state index in [-0.39, 0.29) is 11.7 Å². The van der Waals surface area contributed by atoms with Crippen molar-refractivity contribution in [1.29, 1.82) is 0 Å². The molecule has 34 heavy (non-hydrogen) atoms. The number of benzene rings is 1. The van der Waals surface area contributed by atoms with Crippen molar-refractivity contribution >= 4 is 35.0 Å². The number of methoxy groups -OCH3 is 1. The van der Waals surface area contributed by atoms with Crippen LogP contribution >= 0.6 is 11.8 Å². The highest BCUT2D eigenvalue weighted by Gasteiger charge is 2.29. The Hall–Kier alpha value is -2.43. The lowest BCUT2D eigenvalue weighted by Gasteiger charge is -2.35. The summed E-state index contributed by atoms with van der Waals surface area (Å²) >= 11 is 1.27. The highest BCUT2D eigenvalue weighted by Crippen LogP contribution is 2.33. The summed E-state index contributed by atoms with van der Waals surface area (Å²) in [6.07, 6.45) is 2.99. The summed E-state index contributed by atoms with van der Waals surface area (Å²) in [7, 11) is 1.69. The zero-order valence-electron chi connectivity index (χ0n) is 20.1. The molecule has 0 spiro atoms. The van der Waals surface area contributed by atoms with Crippen LogP contribution in [-0.2, 0) is 9.53 Å². The SMILES string of the molecule is CC.COCCN1CCN(C2=NC(=O)/C(=C/c3cc(F)ccc3OC(=O)N3CCCC3)S2)CC1. The van der Waals surface area contributed by atoms with E-state index in [0.717, 1.165) is 45.6 Å². The standard InChI is InChI=1S/C22H27FN4O4S.C2H6/c1-30-13-12-25-8-10-26(11-9-25)21-24-20(28)19(32-21)15-16-14-17(23)4-5-18(16)31-22(29)27-6-2-3-7-27;1-2/h4-5,14-15H,2-3,6-13H2,1H3;1-2H3/b19-15-;. The van der Waals surface area contributed by atoms with E-state index < -0.39 is 11.9 Å². The van der Waals surface area contributed by atoms with Crippen LogP contribution in [0.5, 0.6) is 5.75 Å². The monoisotopic (exact) mass is 492 g/mol. The van der Waals surface area contributed by atoms with Crippen molar-refractivity contribution in [3.05, 3.63) is 34.5 Å². The summed E-state index contributed by atoms with van der Waals surface area (Å²) in [5.41, 5.74) is 0.342. The van der Waals surface area contributed by atoms with Gasteiger partial charge >= 0.3 is 6.09 Å². The number of nitrogens with zero attached hydrogens (tertiary/aromatic N) is 4. The van der Waals surface area contributed by atoms with E-state index >= 15 is 0 Å². The molecule has 2 fully saturated rings. The van der Waals surface area contributed by atoms with Gasteiger partial charge in [0.2, 0.25) is 0 Å². The second kappa shape index (κ2) is 12.9. The van der Waals surface area contributed by atoms with Gasteiger partial charge in [0.25, 0.3) is 5.91 Å². The van der Waals surface area contributed by atoms with E-state index in [1.54, 1.807) is 18.1 Å². The minimum absolute atomic E-state index is 0.226. The second-order valence-corrected chi connectivity index (χ2v) is 8.89. The maximum absolute atomic E-state index is 13.9. The summed E-state index contributed by atoms with van der Waals surface area (Å²) in [6.45, 7) is 10.2. The second-order valence-electron chi connectivity index (χ2n) is 7.88. The molecule has 1 aromatic rings. The van der Waals surface area contributed by atoms with Gasteiger partial charge in [-0.15, -0.1) is 0 Å². The first kappa shape index (κ1) is 26.2. The van der Waals surface area contributed by atoms with Gasteiger partial charge in [-0.05, 0) is 48.9 Å². The third-order valence-electron chi connectivity index (χ3n) is 5.68. The number of hydrogen-bond donors (Lipinski definition) is 0. The van der Waals surface area contributed by atoms with Crippen LogP contribution in [0.25, 0.3) is 6.08 Å². The van der Waals surface area contributed by atoms with Gasteiger partial charge < -0.3 is 19.3 Å². The van der Waals surface area contributed by atoms with Crippen LogP contribution in [0.2, 0.25) is 0 Å². The Balaban J connectivity index is 0.00000158. The topological polar surface area (TPSA) is 74.7 Å². The Bertz CT molecular complexity index is 926. The van der Waals surface area contributed by atoms with Crippen molar-refractivity contribution in [3.63, 3.8) is 0 Å². The minimum atomic E-state index is -0.471. The van der Waals surface area contributed by atoms with Crippen LogP contribution in [0.4, 0.5) is 9.18 Å². The Kier molecular flexibility index (Phi) is 9.91. The third-order valence-corrected chi connectivity index (χ3v) is 6.73. The maximum atomic E-state index is 13.9. The maximum Gasteiger partial charge on any atom is 0.415 e. The van der Waals surface area contributed by atoms with Crippen molar-refractivity contribution in [2.24, 2.45) is 4.99 Å². The van der Waals surface area contributed by atoms with Gasteiger partial charge in [0.05, 0.1) is 11.5 Å². The predicted molar refractivity (Wildman–Crippen MR) is 132 cm³/mol. The first-order chi connectivity index (χ1) is 16.5. The number of amidine groups is 1. The number of ether oxygens (including phenoxy) is 2. The van der Waals surface area contributed by atoms with E-state index in [1.165, 1.54) is 30.0 Å². The molecule has 1 aromatic carbocycles. The van der Waals surface area contributed by atoms with Gasteiger partial charge in [-0.1, -0.05) is 13.8 Å². The lowest BCUT2D eigenvalue weighted by atomic mass is 10.2. The lowest BCUT2D eigenvalue weighted by molar-refractivity contribution is -0.113. The smallest absolute Gasteiger partial charge is 0.410 e. The number of hydrogen-bond acceptors (Lipinski definition) is 7. The number of amides is 2. The molecule has 0 aliphatic carbocycles. The quantitative estimate of drug-likeness (QED) is 0.581. The number of aliphatic imine (C=N–C) groups is 1. The number of likely N-dealkylation sites (tertiary alicyclic amines) is 1. The van der Waals surface area contributed by atoms with Crippen LogP contribution in [0, 0.1) is 5.82 Å². The minimum Gasteiger partial charge on any atom is -0.410 e. The van der Waals surface area contributed by atoms with Crippen molar-refractivity contribution in [2.45, 2.75) is 26.7 Å². The van der Waals surface area contributed by atoms with Gasteiger partial charge in [0.15, 0.2) is 5.17 Å². The van der Waals surface area contributed by atoms with E-state index in [1.807, 2.05) is 13.8 Å². The Morgan fingerprint density at radius 1 is 1.15 bits per heavy atom. The molecule has 3 heterocycles. The first-order valence-corrected chi connectivity index (χ1v) is 12.6. The first-order valence-electron chi connectivity index (χ1n) is 11.8. The van der Waals surface area contributed by atoms with Crippen LogP contribution in [0.3, 0.4) is 0 Å². The number of piperazine rings is 1. The molecule has 10 heteroatoms. The van der Waals surface area contributed by atoms with Crippen LogP contribution in [0.1, 0.15) is 32.3 Å². The zero-order valence-corrected chi connectivity index (χ0v) is 20.9. The summed E-state index contributed by atoms with van der Waals surface area (Å²) < 4.78 is 24.6. The van der Waals surface area contributed by atoms with Gasteiger partial charge in [0.1, 0.15) is 11.6 Å². The average molecular weight is 493 g/mol. The fraction of sp³-hybridized carbons (Fsp3) is 0.542. The van der Waals surface area contributed by atoms with Crippen LogP contribution in [0.15, 0.2) is 28.1 Å². The number of halogens is 1. The molecule has 3 aliphatic heterocycles. The zero-order chi connectivity index (χ0) is 24.5. The van der Waals surface area contributed by atoms with Gasteiger partial charge in [-0.25, -0.2) is 9.18 Å². The normalized spacial score (nSPS) is 19.8. The number of carbonyl (C=O) groups excluding carboxylic acids is 2. The van der Waals surface area contributed by atoms with E-state index in [0.29, 0.717) is 35.3 Å². The van der Waals surface area contributed by atoms with E-state index in [4.69, 9.17) is 9.47 Å². The molecule has 2 amide bonds. The van der Waals surface area contributed by atoms with Gasteiger partial charge in [-0.2, -0.15) is 4.99 Å². The predicted octanol–water partition coefficient (Wildman–Crippen LogP) is 3.68. The molecule has 8 nitrogen and oxygen atoms in total. The van der Waals surface area contributed by atoms with Gasteiger partial charge in [0, 0.05) is 58.5 Å². The number of carbonyl (C=O) groups is 2. The van der Waals surface area contributed by atoms with Crippen LogP contribution in [-0.4, -0.2) is 91.4 Å². The van der Waals surface area contributed by atoms with Crippen molar-refractivity contribution in [1.82, 2.24) is 14.7 Å². The van der Waals surface area contributed by atoms with Crippen molar-refractivity contribution in [3.8, 4) is 5.75 Å². The number of thioether (sulfide) groups is 1. The Labute approximate surface area is 204 Å². The van der Waals surface area contributed by atoms with Crippen LogP contribution < -0.4 is 4.74 Å². The molecule has 3 aliphatic rings. The molecule has 0 atom stereocenters. The Morgan fingerprint density at radius 2 is 1.85 bits per heavy atom. The molecular weight excluding hydrogens is 459 g/mol. The highest BCUT2D eigenvalue weighted by atomic mass is 32.2. The lowest BCUT2D eigenvalue weighted by Crippen LogP contribution is -2.48. The molecule has 0 radical (unpaired) electrons. The van der Waals surface area contributed by atoms with Crippen molar-refractivity contribution < 1.29 is 23.5 Å². The van der Waals surface area contributed by atoms with Gasteiger partial charge in [-0.3, -0.25) is 9.69 Å². The van der Waals surface area contributed by atoms with Crippen molar-refractivity contribution in [2.75, 3.05) is 59.5 Å². The molecule has 0 bridgehead atoms. The molecule has 2 saturated heterocycles. The fourth-order valence-corrected chi connectivity index (χ4v) is 4.80. The molecule has 0 saturated carbocycles. The molecule has 186 valence electrons. The molecular formula is C24H33FN4O4S.